The van der Waals surface area contributed by atoms with Crippen LogP contribution in [-0.2, 0) is 9.53 Å². The van der Waals surface area contributed by atoms with Crippen LogP contribution in [0.1, 0.15) is 0 Å². The molecule has 0 saturated carbocycles. The summed E-state index contributed by atoms with van der Waals surface area (Å²) in [5.74, 6) is 0.00851. The van der Waals surface area contributed by atoms with E-state index in [0.717, 1.165) is 11.4 Å². The molecule has 2 rings (SSSR count). The van der Waals surface area contributed by atoms with Crippen molar-refractivity contribution in [2.75, 3.05) is 24.2 Å². The number of anilines is 2. The molecule has 84 valence electrons. The van der Waals surface area contributed by atoms with E-state index in [9.17, 15) is 4.79 Å². The molecule has 1 unspecified atom stereocenters. The van der Waals surface area contributed by atoms with Crippen molar-refractivity contribution in [1.29, 1.82) is 0 Å². The van der Waals surface area contributed by atoms with Crippen LogP contribution in [0.15, 0.2) is 36.4 Å². The standard InChI is InChI=1S/C12H14N2O2/c13-9-3-5-10(6-4-9)14-8-12-11(15)2-1-7-16-12/h1-6,12,14H,7-8,13H2. The Kier molecular flexibility index (Phi) is 3.22. The highest BCUT2D eigenvalue weighted by molar-refractivity contribution is 5.94. The van der Waals surface area contributed by atoms with E-state index in [2.05, 4.69) is 5.32 Å². The first kappa shape index (κ1) is 10.7. The number of nitrogens with one attached hydrogen (secondary N) is 1. The normalized spacial score (nSPS) is 19.8. The number of nitrogens with two attached hydrogens (primary N) is 1. The van der Waals surface area contributed by atoms with Gasteiger partial charge in [0, 0.05) is 17.9 Å². The second-order valence-electron chi connectivity index (χ2n) is 3.63. The molecular formula is C12H14N2O2. The Labute approximate surface area is 94.1 Å². The van der Waals surface area contributed by atoms with E-state index < -0.39 is 0 Å². The van der Waals surface area contributed by atoms with Crippen LogP contribution in [-0.4, -0.2) is 25.0 Å². The molecule has 4 heteroatoms. The van der Waals surface area contributed by atoms with Gasteiger partial charge in [0.15, 0.2) is 5.78 Å². The van der Waals surface area contributed by atoms with Gasteiger partial charge in [0.25, 0.3) is 0 Å². The summed E-state index contributed by atoms with van der Waals surface area (Å²) in [5, 5.41) is 3.14. The molecular weight excluding hydrogens is 204 g/mol. The average Bonchev–Trinajstić information content (AvgIpc) is 2.30. The molecule has 0 aliphatic carbocycles. The zero-order valence-electron chi connectivity index (χ0n) is 8.85. The molecule has 1 heterocycles. The van der Waals surface area contributed by atoms with E-state index in [-0.39, 0.29) is 11.9 Å². The van der Waals surface area contributed by atoms with E-state index in [1.807, 2.05) is 24.3 Å². The summed E-state index contributed by atoms with van der Waals surface area (Å²) in [6.45, 7) is 0.979. The van der Waals surface area contributed by atoms with E-state index in [1.54, 1.807) is 12.2 Å². The Hall–Kier alpha value is -1.81. The van der Waals surface area contributed by atoms with Crippen LogP contribution in [0.5, 0.6) is 0 Å². The highest BCUT2D eigenvalue weighted by Gasteiger charge is 2.18. The molecule has 0 spiro atoms. The fourth-order valence-electron chi connectivity index (χ4n) is 1.50. The number of hydrogen-bond acceptors (Lipinski definition) is 4. The Morgan fingerprint density at radius 1 is 1.38 bits per heavy atom. The lowest BCUT2D eigenvalue weighted by molar-refractivity contribution is -0.125. The summed E-state index contributed by atoms with van der Waals surface area (Å²) in [4.78, 5) is 11.4. The van der Waals surface area contributed by atoms with Gasteiger partial charge in [-0.3, -0.25) is 4.79 Å². The average molecular weight is 218 g/mol. The van der Waals surface area contributed by atoms with Crippen molar-refractivity contribution in [2.24, 2.45) is 0 Å². The molecule has 0 saturated heterocycles. The number of ketones is 1. The molecule has 0 fully saturated rings. The van der Waals surface area contributed by atoms with Crippen molar-refractivity contribution >= 4 is 17.2 Å². The number of hydrogen-bond donors (Lipinski definition) is 2. The van der Waals surface area contributed by atoms with E-state index in [0.29, 0.717) is 13.2 Å². The first-order chi connectivity index (χ1) is 7.75. The molecule has 4 nitrogen and oxygen atoms in total. The van der Waals surface area contributed by atoms with Crippen LogP contribution in [0.25, 0.3) is 0 Å². The van der Waals surface area contributed by atoms with Crippen molar-refractivity contribution in [3.05, 3.63) is 36.4 Å². The second-order valence-corrected chi connectivity index (χ2v) is 3.63. The molecule has 3 N–H and O–H groups in total. The second kappa shape index (κ2) is 4.81. The Bertz CT molecular complexity index is 398. The van der Waals surface area contributed by atoms with Crippen LogP contribution < -0.4 is 11.1 Å². The fraction of sp³-hybridized carbons (Fsp3) is 0.250. The van der Waals surface area contributed by atoms with E-state index in [1.165, 1.54) is 0 Å². The zero-order chi connectivity index (χ0) is 11.4. The number of carbonyl (C=O) groups excluding carboxylic acids is 1. The van der Waals surface area contributed by atoms with Crippen LogP contribution in [0.3, 0.4) is 0 Å². The van der Waals surface area contributed by atoms with Crippen molar-refractivity contribution < 1.29 is 9.53 Å². The van der Waals surface area contributed by atoms with Crippen LogP contribution in [0.4, 0.5) is 11.4 Å². The maximum Gasteiger partial charge on any atom is 0.185 e. The van der Waals surface area contributed by atoms with Gasteiger partial charge in [0.1, 0.15) is 6.10 Å². The maximum absolute atomic E-state index is 11.4. The van der Waals surface area contributed by atoms with Gasteiger partial charge in [-0.15, -0.1) is 0 Å². The number of nitrogen functional groups attached to an aromatic ring is 1. The summed E-state index contributed by atoms with van der Waals surface area (Å²) in [5.41, 5.74) is 7.22. The molecule has 1 aliphatic rings. The van der Waals surface area contributed by atoms with Gasteiger partial charge in [0.05, 0.1) is 6.61 Å². The van der Waals surface area contributed by atoms with Crippen molar-refractivity contribution in [3.8, 4) is 0 Å². The third kappa shape index (κ3) is 2.61. The first-order valence-electron chi connectivity index (χ1n) is 5.17. The quantitative estimate of drug-likeness (QED) is 0.748. The summed E-state index contributed by atoms with van der Waals surface area (Å²) in [6, 6.07) is 7.37. The zero-order valence-corrected chi connectivity index (χ0v) is 8.85. The minimum absolute atomic E-state index is 0.00851. The molecule has 0 aromatic heterocycles. The number of benzene rings is 1. The van der Waals surface area contributed by atoms with Gasteiger partial charge in [0.2, 0.25) is 0 Å². The molecule has 1 aromatic rings. The smallest absolute Gasteiger partial charge is 0.185 e. The SMILES string of the molecule is Nc1ccc(NCC2OCC=CC2=O)cc1. The molecule has 0 amide bonds. The van der Waals surface area contributed by atoms with Gasteiger partial charge < -0.3 is 15.8 Å². The number of rotatable bonds is 3. The van der Waals surface area contributed by atoms with Crippen molar-refractivity contribution in [3.63, 3.8) is 0 Å². The molecule has 0 radical (unpaired) electrons. The summed E-state index contributed by atoms with van der Waals surface area (Å²) in [6.07, 6.45) is 2.91. The Morgan fingerprint density at radius 3 is 2.81 bits per heavy atom. The van der Waals surface area contributed by atoms with Crippen molar-refractivity contribution in [2.45, 2.75) is 6.10 Å². The lowest BCUT2D eigenvalue weighted by atomic mass is 10.1. The van der Waals surface area contributed by atoms with Crippen LogP contribution in [0.2, 0.25) is 0 Å². The minimum Gasteiger partial charge on any atom is -0.399 e. The largest absolute Gasteiger partial charge is 0.399 e. The molecule has 1 aromatic carbocycles. The van der Waals surface area contributed by atoms with E-state index in [4.69, 9.17) is 10.5 Å². The molecule has 1 atom stereocenters. The molecule has 1 aliphatic heterocycles. The predicted molar refractivity (Wildman–Crippen MR) is 63.2 cm³/mol. The maximum atomic E-state index is 11.4. The molecule has 0 bridgehead atoms. The van der Waals surface area contributed by atoms with Crippen molar-refractivity contribution in [1.82, 2.24) is 0 Å². The topological polar surface area (TPSA) is 64.3 Å². The summed E-state index contributed by atoms with van der Waals surface area (Å²) < 4.78 is 5.31. The minimum atomic E-state index is -0.387. The fourth-order valence-corrected chi connectivity index (χ4v) is 1.50. The van der Waals surface area contributed by atoms with Gasteiger partial charge in [-0.05, 0) is 30.3 Å². The number of carbonyl (C=O) groups is 1. The Morgan fingerprint density at radius 2 is 2.12 bits per heavy atom. The summed E-state index contributed by atoms with van der Waals surface area (Å²) in [7, 11) is 0. The third-order valence-electron chi connectivity index (χ3n) is 2.40. The highest BCUT2D eigenvalue weighted by atomic mass is 16.5. The van der Waals surface area contributed by atoms with Gasteiger partial charge >= 0.3 is 0 Å². The Balaban J connectivity index is 1.89. The number of ether oxygens (including phenoxy) is 1. The highest BCUT2D eigenvalue weighted by Crippen LogP contribution is 2.11. The monoisotopic (exact) mass is 218 g/mol. The van der Waals surface area contributed by atoms with E-state index >= 15 is 0 Å². The lowest BCUT2D eigenvalue weighted by Gasteiger charge is -2.18. The third-order valence-corrected chi connectivity index (χ3v) is 2.40. The summed E-state index contributed by atoms with van der Waals surface area (Å²) >= 11 is 0. The van der Waals surface area contributed by atoms with Gasteiger partial charge in [-0.2, -0.15) is 0 Å². The lowest BCUT2D eigenvalue weighted by Crippen LogP contribution is -2.33. The van der Waals surface area contributed by atoms with Gasteiger partial charge in [-0.1, -0.05) is 6.08 Å². The van der Waals surface area contributed by atoms with Crippen LogP contribution in [0, 0.1) is 0 Å². The van der Waals surface area contributed by atoms with Gasteiger partial charge in [-0.25, -0.2) is 0 Å². The first-order valence-corrected chi connectivity index (χ1v) is 5.17. The van der Waals surface area contributed by atoms with Crippen LogP contribution >= 0.6 is 0 Å². The molecule has 16 heavy (non-hydrogen) atoms. The predicted octanol–water partition coefficient (Wildman–Crippen LogP) is 1.20.